The van der Waals surface area contributed by atoms with Gasteiger partial charge in [0.1, 0.15) is 5.75 Å². The fraction of sp³-hybridized carbons (Fsp3) is 0.333. The molecule has 1 aromatic carbocycles. The van der Waals surface area contributed by atoms with Gasteiger partial charge in [0.05, 0.1) is 13.7 Å². The zero-order valence-corrected chi connectivity index (χ0v) is 14.8. The van der Waals surface area contributed by atoms with Crippen LogP contribution in [0.4, 0.5) is 5.69 Å². The van der Waals surface area contributed by atoms with Crippen LogP contribution in [0.15, 0.2) is 41.8 Å². The molecule has 0 aliphatic carbocycles. The van der Waals surface area contributed by atoms with E-state index >= 15 is 0 Å². The van der Waals surface area contributed by atoms with Gasteiger partial charge in [-0.1, -0.05) is 12.1 Å². The van der Waals surface area contributed by atoms with Gasteiger partial charge in [0.25, 0.3) is 0 Å². The maximum absolute atomic E-state index is 12.1. The van der Waals surface area contributed by atoms with Crippen molar-refractivity contribution in [3.8, 4) is 5.75 Å². The number of carbonyl (C=O) groups is 2. The number of ether oxygens (including phenoxy) is 1. The Morgan fingerprint density at radius 3 is 2.79 bits per heavy atom. The molecule has 1 heterocycles. The fourth-order valence-corrected chi connectivity index (χ4v) is 3.02. The molecule has 1 aromatic heterocycles. The molecule has 0 saturated carbocycles. The molecule has 0 saturated heterocycles. The van der Waals surface area contributed by atoms with Crippen molar-refractivity contribution < 1.29 is 14.3 Å². The van der Waals surface area contributed by atoms with Gasteiger partial charge in [0.15, 0.2) is 0 Å². The van der Waals surface area contributed by atoms with Crippen molar-refractivity contribution in [3.05, 3.63) is 46.7 Å². The Bertz CT molecular complexity index is 671. The van der Waals surface area contributed by atoms with E-state index < -0.39 is 0 Å². The highest BCUT2D eigenvalue weighted by molar-refractivity contribution is 7.09. The van der Waals surface area contributed by atoms with Crippen LogP contribution in [0.2, 0.25) is 0 Å². The first-order valence-corrected chi connectivity index (χ1v) is 8.66. The minimum atomic E-state index is -0.225. The normalized spacial score (nSPS) is 10.2. The summed E-state index contributed by atoms with van der Waals surface area (Å²) in [7, 11) is 3.22. The second kappa shape index (κ2) is 9.08. The number of likely N-dealkylation sites (N-methyl/N-ethyl adjacent to an activating group) is 1. The van der Waals surface area contributed by atoms with E-state index in [1.54, 1.807) is 49.8 Å². The first-order chi connectivity index (χ1) is 11.6. The van der Waals surface area contributed by atoms with E-state index in [4.69, 9.17) is 4.74 Å². The third kappa shape index (κ3) is 5.70. The summed E-state index contributed by atoms with van der Waals surface area (Å²) < 4.78 is 5.12. The average molecular weight is 346 g/mol. The molecule has 2 aromatic rings. The molecular weight excluding hydrogens is 324 g/mol. The first-order valence-electron chi connectivity index (χ1n) is 7.78. The summed E-state index contributed by atoms with van der Waals surface area (Å²) in [5, 5.41) is 4.80. The van der Waals surface area contributed by atoms with E-state index in [0.717, 1.165) is 12.8 Å². The standard InChI is InChI=1S/C18H22N2O3S/c1-20(18(22)10-4-8-16-9-5-11-24-16)13-17(21)19-14-6-3-7-15(12-14)23-2/h3,5-7,9,11-12H,4,8,10,13H2,1-2H3,(H,19,21). The molecule has 128 valence electrons. The third-order valence-corrected chi connectivity index (χ3v) is 4.49. The van der Waals surface area contributed by atoms with Gasteiger partial charge in [-0.15, -0.1) is 11.3 Å². The number of carbonyl (C=O) groups excluding carboxylic acids is 2. The summed E-state index contributed by atoms with van der Waals surface area (Å²) in [6.45, 7) is 0.0368. The Kier molecular flexibility index (Phi) is 6.81. The van der Waals surface area contributed by atoms with E-state index in [2.05, 4.69) is 11.4 Å². The van der Waals surface area contributed by atoms with Gasteiger partial charge in [0, 0.05) is 30.1 Å². The smallest absolute Gasteiger partial charge is 0.243 e. The highest BCUT2D eigenvalue weighted by Crippen LogP contribution is 2.16. The quantitative estimate of drug-likeness (QED) is 0.799. The molecule has 0 radical (unpaired) electrons. The highest BCUT2D eigenvalue weighted by Gasteiger charge is 2.13. The van der Waals surface area contributed by atoms with Crippen LogP contribution in [0.3, 0.4) is 0 Å². The maximum atomic E-state index is 12.1. The van der Waals surface area contributed by atoms with E-state index in [1.807, 2.05) is 11.4 Å². The first kappa shape index (κ1) is 18.0. The molecule has 2 rings (SSSR count). The van der Waals surface area contributed by atoms with E-state index in [1.165, 1.54) is 9.78 Å². The molecule has 0 bridgehead atoms. The molecule has 0 spiro atoms. The minimum Gasteiger partial charge on any atom is -0.497 e. The van der Waals surface area contributed by atoms with Crippen LogP contribution in [0.5, 0.6) is 5.75 Å². The molecule has 0 atom stereocenters. The predicted octanol–water partition coefficient (Wildman–Crippen LogP) is 3.18. The van der Waals surface area contributed by atoms with Crippen LogP contribution >= 0.6 is 11.3 Å². The number of rotatable bonds is 8. The van der Waals surface area contributed by atoms with Crippen molar-refractivity contribution in [1.82, 2.24) is 4.90 Å². The zero-order valence-electron chi connectivity index (χ0n) is 14.0. The fourth-order valence-electron chi connectivity index (χ4n) is 2.26. The van der Waals surface area contributed by atoms with E-state index in [-0.39, 0.29) is 18.4 Å². The van der Waals surface area contributed by atoms with Crippen LogP contribution < -0.4 is 10.1 Å². The van der Waals surface area contributed by atoms with Crippen LogP contribution in [0, 0.1) is 0 Å². The molecule has 0 aliphatic heterocycles. The number of aryl methyl sites for hydroxylation is 1. The highest BCUT2D eigenvalue weighted by atomic mass is 32.1. The Balaban J connectivity index is 1.74. The lowest BCUT2D eigenvalue weighted by Crippen LogP contribution is -2.34. The van der Waals surface area contributed by atoms with Gasteiger partial charge in [0.2, 0.25) is 11.8 Å². The number of hydrogen-bond acceptors (Lipinski definition) is 4. The second-order valence-electron chi connectivity index (χ2n) is 5.46. The molecule has 1 N–H and O–H groups in total. The van der Waals surface area contributed by atoms with Gasteiger partial charge in [-0.3, -0.25) is 9.59 Å². The number of hydrogen-bond donors (Lipinski definition) is 1. The van der Waals surface area contributed by atoms with Crippen molar-refractivity contribution >= 4 is 28.8 Å². The van der Waals surface area contributed by atoms with E-state index in [0.29, 0.717) is 17.9 Å². The number of methoxy groups -OCH3 is 1. The summed E-state index contributed by atoms with van der Waals surface area (Å²) in [5.74, 6) is 0.426. The van der Waals surface area contributed by atoms with Crippen LogP contribution in [-0.4, -0.2) is 37.4 Å². The Labute approximate surface area is 146 Å². The largest absolute Gasteiger partial charge is 0.497 e. The number of amides is 2. The van der Waals surface area contributed by atoms with Crippen LogP contribution in [0.25, 0.3) is 0 Å². The zero-order chi connectivity index (χ0) is 17.4. The molecule has 6 heteroatoms. The van der Waals surface area contributed by atoms with Crippen molar-refractivity contribution in [2.45, 2.75) is 19.3 Å². The monoisotopic (exact) mass is 346 g/mol. The molecule has 0 unspecified atom stereocenters. The molecule has 0 aliphatic rings. The number of thiophene rings is 1. The van der Waals surface area contributed by atoms with Crippen molar-refractivity contribution in [2.24, 2.45) is 0 Å². The lowest BCUT2D eigenvalue weighted by atomic mass is 10.2. The lowest BCUT2D eigenvalue weighted by Gasteiger charge is -2.17. The van der Waals surface area contributed by atoms with Gasteiger partial charge in [-0.25, -0.2) is 0 Å². The number of benzene rings is 1. The van der Waals surface area contributed by atoms with Gasteiger partial charge in [-0.2, -0.15) is 0 Å². The summed E-state index contributed by atoms with van der Waals surface area (Å²) in [5.41, 5.74) is 0.651. The number of nitrogens with zero attached hydrogens (tertiary/aromatic N) is 1. The number of nitrogens with one attached hydrogen (secondary N) is 1. The van der Waals surface area contributed by atoms with Crippen molar-refractivity contribution in [2.75, 3.05) is 26.0 Å². The molecule has 0 fully saturated rings. The average Bonchev–Trinajstić information content (AvgIpc) is 3.08. The summed E-state index contributed by atoms with van der Waals surface area (Å²) >= 11 is 1.70. The molecule has 2 amide bonds. The van der Waals surface area contributed by atoms with Crippen molar-refractivity contribution in [1.29, 1.82) is 0 Å². The molecule has 24 heavy (non-hydrogen) atoms. The Morgan fingerprint density at radius 1 is 1.25 bits per heavy atom. The van der Waals surface area contributed by atoms with Gasteiger partial charge < -0.3 is 15.0 Å². The maximum Gasteiger partial charge on any atom is 0.243 e. The predicted molar refractivity (Wildman–Crippen MR) is 96.5 cm³/mol. The van der Waals surface area contributed by atoms with Gasteiger partial charge >= 0.3 is 0 Å². The summed E-state index contributed by atoms with van der Waals surface area (Å²) in [4.78, 5) is 26.9. The topological polar surface area (TPSA) is 58.6 Å². The molecular formula is C18H22N2O3S. The second-order valence-corrected chi connectivity index (χ2v) is 6.50. The lowest BCUT2D eigenvalue weighted by molar-refractivity contribution is -0.133. The summed E-state index contributed by atoms with van der Waals surface area (Å²) in [6.07, 6.45) is 2.13. The SMILES string of the molecule is COc1cccc(NC(=O)CN(C)C(=O)CCCc2cccs2)c1. The van der Waals surface area contributed by atoms with E-state index in [9.17, 15) is 9.59 Å². The van der Waals surface area contributed by atoms with Crippen molar-refractivity contribution in [3.63, 3.8) is 0 Å². The van der Waals surface area contributed by atoms with Crippen LogP contribution in [0.1, 0.15) is 17.7 Å². The number of anilines is 1. The minimum absolute atomic E-state index is 0.0210. The molecule has 5 nitrogen and oxygen atoms in total. The van der Waals surface area contributed by atoms with Gasteiger partial charge in [-0.05, 0) is 36.4 Å². The van der Waals surface area contributed by atoms with Crippen LogP contribution in [-0.2, 0) is 16.0 Å². The summed E-state index contributed by atoms with van der Waals surface area (Å²) in [6, 6.07) is 11.2. The third-order valence-electron chi connectivity index (χ3n) is 3.55. The Hall–Kier alpha value is -2.34. The Morgan fingerprint density at radius 2 is 2.08 bits per heavy atom.